The summed E-state index contributed by atoms with van der Waals surface area (Å²) in [5.74, 6) is 0.450. The van der Waals surface area contributed by atoms with Crippen molar-refractivity contribution in [1.82, 2.24) is 24.6 Å². The van der Waals surface area contributed by atoms with Crippen molar-refractivity contribution in [2.45, 2.75) is 20.3 Å². The number of aromatic amines is 1. The number of carbonyl (C=O) groups is 1. The fourth-order valence-electron chi connectivity index (χ4n) is 3.07. The summed E-state index contributed by atoms with van der Waals surface area (Å²) in [6.07, 6.45) is 1.70. The topological polar surface area (TPSA) is 104 Å². The molecule has 2 aromatic rings. The van der Waals surface area contributed by atoms with Crippen LogP contribution in [0.5, 0.6) is 0 Å². The van der Waals surface area contributed by atoms with Gasteiger partial charge in [0, 0.05) is 50.6 Å². The number of rotatable bonds is 3. The molecule has 1 aliphatic rings. The normalized spacial score (nSPS) is 14.6. The SMILES string of the molecule is Cc1nc(C)c(CC(=O)N2CCN(c3cnn(C)c(=O)c3)CC2)c(=O)[nH]1. The summed E-state index contributed by atoms with van der Waals surface area (Å²) >= 11 is 0. The van der Waals surface area contributed by atoms with Crippen molar-refractivity contribution in [2.75, 3.05) is 31.1 Å². The summed E-state index contributed by atoms with van der Waals surface area (Å²) < 4.78 is 1.28. The molecule has 2 aromatic heterocycles. The minimum absolute atomic E-state index is 0.0435. The van der Waals surface area contributed by atoms with Crippen molar-refractivity contribution >= 4 is 11.6 Å². The Morgan fingerprint density at radius 1 is 1.19 bits per heavy atom. The zero-order valence-electron chi connectivity index (χ0n) is 15.2. The molecule has 0 aromatic carbocycles. The molecular weight excluding hydrogens is 336 g/mol. The average Bonchev–Trinajstić information content (AvgIpc) is 2.60. The molecule has 0 spiro atoms. The molecule has 0 saturated carbocycles. The maximum Gasteiger partial charge on any atom is 0.268 e. The fourth-order valence-corrected chi connectivity index (χ4v) is 3.07. The van der Waals surface area contributed by atoms with Crippen LogP contribution in [0, 0.1) is 13.8 Å². The van der Waals surface area contributed by atoms with Gasteiger partial charge in [0.05, 0.1) is 18.3 Å². The highest BCUT2D eigenvalue weighted by atomic mass is 16.2. The van der Waals surface area contributed by atoms with E-state index < -0.39 is 0 Å². The number of anilines is 1. The van der Waals surface area contributed by atoms with Gasteiger partial charge in [0.2, 0.25) is 5.91 Å². The van der Waals surface area contributed by atoms with Gasteiger partial charge in [-0.05, 0) is 13.8 Å². The summed E-state index contributed by atoms with van der Waals surface area (Å²) in [7, 11) is 1.60. The Morgan fingerprint density at radius 2 is 1.88 bits per heavy atom. The van der Waals surface area contributed by atoms with Gasteiger partial charge in [-0.3, -0.25) is 14.4 Å². The molecule has 0 bridgehead atoms. The van der Waals surface area contributed by atoms with Gasteiger partial charge >= 0.3 is 0 Å². The molecule has 9 nitrogen and oxygen atoms in total. The first-order chi connectivity index (χ1) is 12.3. The maximum absolute atomic E-state index is 12.6. The van der Waals surface area contributed by atoms with Gasteiger partial charge in [0.1, 0.15) is 5.82 Å². The van der Waals surface area contributed by atoms with Crippen LogP contribution in [0.1, 0.15) is 17.1 Å². The number of nitrogens with one attached hydrogen (secondary N) is 1. The molecule has 9 heteroatoms. The molecule has 1 aliphatic heterocycles. The second-order valence-electron chi connectivity index (χ2n) is 6.44. The zero-order valence-corrected chi connectivity index (χ0v) is 15.2. The summed E-state index contributed by atoms with van der Waals surface area (Å²) in [6, 6.07) is 1.55. The molecule has 138 valence electrons. The first-order valence-electron chi connectivity index (χ1n) is 8.47. The maximum atomic E-state index is 12.6. The molecule has 26 heavy (non-hydrogen) atoms. The predicted molar refractivity (Wildman–Crippen MR) is 96.3 cm³/mol. The lowest BCUT2D eigenvalue weighted by Crippen LogP contribution is -2.49. The number of H-pyrrole nitrogens is 1. The van der Waals surface area contributed by atoms with Crippen molar-refractivity contribution in [3.05, 3.63) is 50.1 Å². The Kier molecular flexibility index (Phi) is 4.88. The molecule has 3 rings (SSSR count). The van der Waals surface area contributed by atoms with Crippen molar-refractivity contribution in [3.63, 3.8) is 0 Å². The van der Waals surface area contributed by atoms with E-state index >= 15 is 0 Å². The van der Waals surface area contributed by atoms with Crippen LogP contribution in [0.3, 0.4) is 0 Å². The van der Waals surface area contributed by atoms with Crippen LogP contribution in [0.4, 0.5) is 5.69 Å². The lowest BCUT2D eigenvalue weighted by Gasteiger charge is -2.35. The van der Waals surface area contributed by atoms with Crippen LogP contribution in [0.25, 0.3) is 0 Å². The highest BCUT2D eigenvalue weighted by molar-refractivity contribution is 5.79. The van der Waals surface area contributed by atoms with E-state index in [4.69, 9.17) is 0 Å². The number of amides is 1. The van der Waals surface area contributed by atoms with Crippen molar-refractivity contribution in [2.24, 2.45) is 7.05 Å². The first kappa shape index (κ1) is 17.8. The fraction of sp³-hybridized carbons (Fsp3) is 0.471. The molecule has 1 N–H and O–H groups in total. The van der Waals surface area contributed by atoms with Gasteiger partial charge < -0.3 is 14.8 Å². The van der Waals surface area contributed by atoms with Crippen molar-refractivity contribution in [3.8, 4) is 0 Å². The second-order valence-corrected chi connectivity index (χ2v) is 6.44. The Bertz CT molecular complexity index is 940. The number of nitrogens with zero attached hydrogens (tertiary/aromatic N) is 5. The summed E-state index contributed by atoms with van der Waals surface area (Å²) in [5.41, 5.74) is 1.34. The quantitative estimate of drug-likeness (QED) is 0.784. The molecule has 1 fully saturated rings. The molecule has 1 amide bonds. The number of hydrogen-bond donors (Lipinski definition) is 1. The summed E-state index contributed by atoms with van der Waals surface area (Å²) in [5, 5.41) is 4.03. The molecule has 0 atom stereocenters. The molecular formula is C17H22N6O3. The van der Waals surface area contributed by atoms with Gasteiger partial charge in [-0.2, -0.15) is 5.10 Å². The minimum Gasteiger partial charge on any atom is -0.367 e. The zero-order chi connectivity index (χ0) is 18.8. The van der Waals surface area contributed by atoms with Crippen molar-refractivity contribution < 1.29 is 4.79 Å². The Hall–Kier alpha value is -2.97. The third-order valence-electron chi connectivity index (χ3n) is 4.62. The van der Waals surface area contributed by atoms with E-state index in [9.17, 15) is 14.4 Å². The minimum atomic E-state index is -0.256. The highest BCUT2D eigenvalue weighted by Gasteiger charge is 2.23. The summed E-state index contributed by atoms with van der Waals surface area (Å²) in [4.78, 5) is 47.0. The van der Waals surface area contributed by atoms with Crippen LogP contribution in [0.15, 0.2) is 21.9 Å². The van der Waals surface area contributed by atoms with E-state index in [1.165, 1.54) is 4.68 Å². The van der Waals surface area contributed by atoms with Gasteiger partial charge in [-0.15, -0.1) is 0 Å². The molecule has 0 aliphatic carbocycles. The van der Waals surface area contributed by atoms with Gasteiger partial charge in [-0.25, -0.2) is 9.67 Å². The average molecular weight is 358 g/mol. The van der Waals surface area contributed by atoms with Crippen LogP contribution >= 0.6 is 0 Å². The first-order valence-corrected chi connectivity index (χ1v) is 8.47. The molecule has 0 radical (unpaired) electrons. The largest absolute Gasteiger partial charge is 0.367 e. The monoisotopic (exact) mass is 358 g/mol. The number of piperazine rings is 1. The van der Waals surface area contributed by atoms with E-state index in [-0.39, 0.29) is 23.4 Å². The van der Waals surface area contributed by atoms with Gasteiger partial charge in [0.25, 0.3) is 11.1 Å². The van der Waals surface area contributed by atoms with E-state index in [0.717, 1.165) is 5.69 Å². The van der Waals surface area contributed by atoms with Gasteiger partial charge in [0.15, 0.2) is 0 Å². The van der Waals surface area contributed by atoms with Crippen LogP contribution < -0.4 is 16.0 Å². The number of aryl methyl sites for hydroxylation is 3. The molecule has 0 unspecified atom stereocenters. The molecule has 3 heterocycles. The van der Waals surface area contributed by atoms with Crippen molar-refractivity contribution in [1.29, 1.82) is 0 Å². The van der Waals surface area contributed by atoms with E-state index in [2.05, 4.69) is 15.1 Å². The van der Waals surface area contributed by atoms with Gasteiger partial charge in [-0.1, -0.05) is 0 Å². The van der Waals surface area contributed by atoms with E-state index in [1.807, 2.05) is 4.90 Å². The Morgan fingerprint density at radius 3 is 2.50 bits per heavy atom. The van der Waals surface area contributed by atoms with Crippen LogP contribution in [-0.4, -0.2) is 56.7 Å². The number of hydrogen-bond acceptors (Lipinski definition) is 6. The standard InChI is InChI=1S/C17H22N6O3/c1-11-14(17(26)20-12(2)19-11)9-16(25)23-6-4-22(5-7-23)13-8-15(24)21(3)18-10-13/h8,10H,4-7,9H2,1-3H3,(H,19,20,26). The smallest absolute Gasteiger partial charge is 0.268 e. The number of carbonyl (C=O) groups excluding carboxylic acids is 1. The Labute approximate surface area is 150 Å². The van der Waals surface area contributed by atoms with E-state index in [0.29, 0.717) is 43.3 Å². The predicted octanol–water partition coefficient (Wildman–Crippen LogP) is -0.628. The van der Waals surface area contributed by atoms with Crippen LogP contribution in [0.2, 0.25) is 0 Å². The van der Waals surface area contributed by atoms with E-state index in [1.54, 1.807) is 38.1 Å². The summed E-state index contributed by atoms with van der Waals surface area (Å²) in [6.45, 7) is 5.75. The highest BCUT2D eigenvalue weighted by Crippen LogP contribution is 2.14. The lowest BCUT2D eigenvalue weighted by molar-refractivity contribution is -0.130. The lowest BCUT2D eigenvalue weighted by atomic mass is 10.1. The third kappa shape index (κ3) is 3.66. The van der Waals surface area contributed by atoms with Crippen LogP contribution in [-0.2, 0) is 18.3 Å². The molecule has 1 saturated heterocycles. The Balaban J connectivity index is 1.64. The second kappa shape index (κ2) is 7.11. The number of aromatic nitrogens is 4. The third-order valence-corrected chi connectivity index (χ3v) is 4.62.